The van der Waals surface area contributed by atoms with E-state index in [9.17, 15) is 9.59 Å². The number of carbonyl (C=O) groups is 2. The molecule has 0 unspecified atom stereocenters. The van der Waals surface area contributed by atoms with Gasteiger partial charge in [0.2, 0.25) is 5.91 Å². The van der Waals surface area contributed by atoms with Gasteiger partial charge < -0.3 is 5.32 Å². The Kier molecular flexibility index (Phi) is 2.10. The van der Waals surface area contributed by atoms with Crippen LogP contribution in [0.3, 0.4) is 0 Å². The maximum atomic E-state index is 11.2. The molecule has 0 radical (unpaired) electrons. The largest absolute Gasteiger partial charge is 0.329 e. The molecule has 1 aromatic rings. The number of hydrogen-bond acceptors (Lipinski definition) is 4. The van der Waals surface area contributed by atoms with E-state index >= 15 is 0 Å². The van der Waals surface area contributed by atoms with Crippen molar-refractivity contribution in [3.05, 3.63) is 24.0 Å². The van der Waals surface area contributed by atoms with Crippen molar-refractivity contribution < 1.29 is 9.59 Å². The Morgan fingerprint density at radius 1 is 1.50 bits per heavy atom. The minimum Gasteiger partial charge on any atom is -0.329 e. The summed E-state index contributed by atoms with van der Waals surface area (Å²) in [6.45, 7) is 0.248. The Morgan fingerprint density at radius 2 is 2.36 bits per heavy atom. The van der Waals surface area contributed by atoms with E-state index < -0.39 is 0 Å². The van der Waals surface area contributed by atoms with Gasteiger partial charge in [-0.1, -0.05) is 0 Å². The first kappa shape index (κ1) is 8.61. The lowest BCUT2D eigenvalue weighted by atomic mass is 10.3. The SMILES string of the molecule is O=C1CNC(=O)N1Cc1cccnn1. The van der Waals surface area contributed by atoms with E-state index in [-0.39, 0.29) is 25.0 Å². The second-order valence-electron chi connectivity index (χ2n) is 2.85. The van der Waals surface area contributed by atoms with Gasteiger partial charge in [0, 0.05) is 6.20 Å². The second kappa shape index (κ2) is 3.41. The number of urea groups is 1. The predicted molar refractivity (Wildman–Crippen MR) is 46.0 cm³/mol. The van der Waals surface area contributed by atoms with Crippen LogP contribution in [-0.2, 0) is 11.3 Å². The van der Waals surface area contributed by atoms with Crippen LogP contribution in [0.2, 0.25) is 0 Å². The summed E-state index contributed by atoms with van der Waals surface area (Å²) in [5, 5.41) is 9.87. The molecule has 2 heterocycles. The molecule has 14 heavy (non-hydrogen) atoms. The number of hydrogen-bond donors (Lipinski definition) is 1. The van der Waals surface area contributed by atoms with Crippen molar-refractivity contribution in [3.8, 4) is 0 Å². The molecule has 1 aliphatic rings. The molecule has 0 bridgehead atoms. The molecule has 1 aliphatic heterocycles. The number of nitrogens with zero attached hydrogens (tertiary/aromatic N) is 3. The van der Waals surface area contributed by atoms with Crippen molar-refractivity contribution in [2.45, 2.75) is 6.54 Å². The number of carbonyl (C=O) groups excluding carboxylic acids is 2. The maximum absolute atomic E-state index is 11.2. The molecule has 0 atom stereocenters. The first-order chi connectivity index (χ1) is 6.77. The maximum Gasteiger partial charge on any atom is 0.324 e. The zero-order valence-corrected chi connectivity index (χ0v) is 7.30. The third kappa shape index (κ3) is 1.54. The van der Waals surface area contributed by atoms with E-state index in [1.165, 1.54) is 6.20 Å². The van der Waals surface area contributed by atoms with Crippen molar-refractivity contribution >= 4 is 11.9 Å². The molecule has 0 saturated carbocycles. The molecule has 1 aromatic heterocycles. The fourth-order valence-corrected chi connectivity index (χ4v) is 1.20. The first-order valence-electron chi connectivity index (χ1n) is 4.12. The normalized spacial score (nSPS) is 15.9. The van der Waals surface area contributed by atoms with Crippen LogP contribution in [0.1, 0.15) is 5.69 Å². The summed E-state index contributed by atoms with van der Waals surface area (Å²) in [5.74, 6) is -0.236. The fraction of sp³-hybridized carbons (Fsp3) is 0.250. The van der Waals surface area contributed by atoms with E-state index in [4.69, 9.17) is 0 Å². The van der Waals surface area contributed by atoms with Crippen LogP contribution in [0.4, 0.5) is 4.79 Å². The Morgan fingerprint density at radius 3 is 2.93 bits per heavy atom. The van der Waals surface area contributed by atoms with Gasteiger partial charge in [-0.2, -0.15) is 10.2 Å². The van der Waals surface area contributed by atoms with Gasteiger partial charge in [-0.15, -0.1) is 0 Å². The van der Waals surface area contributed by atoms with Gasteiger partial charge in [-0.05, 0) is 12.1 Å². The minimum absolute atomic E-state index is 0.0685. The van der Waals surface area contributed by atoms with Crippen LogP contribution in [-0.4, -0.2) is 33.6 Å². The highest BCUT2D eigenvalue weighted by Crippen LogP contribution is 2.04. The lowest BCUT2D eigenvalue weighted by molar-refractivity contribution is -0.125. The van der Waals surface area contributed by atoms with Crippen LogP contribution in [0.15, 0.2) is 18.3 Å². The number of amides is 3. The van der Waals surface area contributed by atoms with Crippen LogP contribution in [0, 0.1) is 0 Å². The fourth-order valence-electron chi connectivity index (χ4n) is 1.20. The monoisotopic (exact) mass is 192 g/mol. The predicted octanol–water partition coefficient (Wildman–Crippen LogP) is -0.472. The van der Waals surface area contributed by atoms with Crippen molar-refractivity contribution in [3.63, 3.8) is 0 Å². The summed E-state index contributed by atoms with van der Waals surface area (Å²) < 4.78 is 0. The number of aromatic nitrogens is 2. The van der Waals surface area contributed by atoms with Gasteiger partial charge in [0.15, 0.2) is 0 Å². The van der Waals surface area contributed by atoms with Gasteiger partial charge in [0.25, 0.3) is 0 Å². The van der Waals surface area contributed by atoms with Gasteiger partial charge in [0.1, 0.15) is 0 Å². The molecule has 0 aliphatic carbocycles. The van der Waals surface area contributed by atoms with Crippen molar-refractivity contribution in [1.82, 2.24) is 20.4 Å². The van der Waals surface area contributed by atoms with Gasteiger partial charge in [0.05, 0.1) is 18.8 Å². The molecule has 72 valence electrons. The molecule has 0 spiro atoms. The number of nitrogens with one attached hydrogen (secondary N) is 1. The molecular formula is C8H8N4O2. The summed E-state index contributed by atoms with van der Waals surface area (Å²) in [4.78, 5) is 23.4. The zero-order valence-electron chi connectivity index (χ0n) is 7.30. The molecule has 1 N–H and O–H groups in total. The summed E-state index contributed by atoms with van der Waals surface area (Å²) in [6, 6.07) is 3.05. The quantitative estimate of drug-likeness (QED) is 0.642. The Bertz CT molecular complexity index is 349. The zero-order chi connectivity index (χ0) is 9.97. The summed E-state index contributed by atoms with van der Waals surface area (Å²) in [6.07, 6.45) is 1.54. The number of rotatable bonds is 2. The topological polar surface area (TPSA) is 75.2 Å². The van der Waals surface area contributed by atoms with E-state index in [1.54, 1.807) is 12.1 Å². The molecule has 0 aromatic carbocycles. The van der Waals surface area contributed by atoms with Gasteiger partial charge in [-0.25, -0.2) is 4.79 Å². The van der Waals surface area contributed by atoms with E-state index in [2.05, 4.69) is 15.5 Å². The van der Waals surface area contributed by atoms with Crippen LogP contribution < -0.4 is 5.32 Å². The van der Waals surface area contributed by atoms with Crippen LogP contribution >= 0.6 is 0 Å². The van der Waals surface area contributed by atoms with Crippen molar-refractivity contribution in [2.75, 3.05) is 6.54 Å². The average Bonchev–Trinajstić information content (AvgIpc) is 2.51. The standard InChI is InChI=1S/C8H8N4O2/c13-7-4-9-8(14)12(7)5-6-2-1-3-10-11-6/h1-3H,4-5H2,(H,9,14). The molecule has 1 fully saturated rings. The number of imide groups is 1. The van der Waals surface area contributed by atoms with Gasteiger partial charge in [-0.3, -0.25) is 9.69 Å². The minimum atomic E-state index is -0.374. The first-order valence-corrected chi connectivity index (χ1v) is 4.12. The molecule has 6 heteroatoms. The Labute approximate surface area is 79.9 Å². The highest BCUT2D eigenvalue weighted by atomic mass is 16.2. The van der Waals surface area contributed by atoms with E-state index in [1.807, 2.05) is 0 Å². The Balaban J connectivity index is 2.11. The van der Waals surface area contributed by atoms with Gasteiger partial charge >= 0.3 is 6.03 Å². The van der Waals surface area contributed by atoms with Crippen LogP contribution in [0.5, 0.6) is 0 Å². The molecule has 6 nitrogen and oxygen atoms in total. The highest BCUT2D eigenvalue weighted by Gasteiger charge is 2.28. The summed E-state index contributed by atoms with van der Waals surface area (Å²) in [5.41, 5.74) is 0.595. The third-order valence-corrected chi connectivity index (χ3v) is 1.88. The van der Waals surface area contributed by atoms with E-state index in [0.29, 0.717) is 5.69 Å². The van der Waals surface area contributed by atoms with Crippen LogP contribution in [0.25, 0.3) is 0 Å². The van der Waals surface area contributed by atoms with E-state index in [0.717, 1.165) is 4.90 Å². The molecule has 3 amide bonds. The highest BCUT2D eigenvalue weighted by molar-refractivity contribution is 6.01. The average molecular weight is 192 g/mol. The lowest BCUT2D eigenvalue weighted by Crippen LogP contribution is -2.30. The smallest absolute Gasteiger partial charge is 0.324 e. The third-order valence-electron chi connectivity index (χ3n) is 1.88. The second-order valence-corrected chi connectivity index (χ2v) is 2.85. The lowest BCUT2D eigenvalue weighted by Gasteiger charge is -2.10. The summed E-state index contributed by atoms with van der Waals surface area (Å²) >= 11 is 0. The Hall–Kier alpha value is -1.98. The molecule has 1 saturated heterocycles. The molecule has 2 rings (SSSR count). The van der Waals surface area contributed by atoms with Crippen molar-refractivity contribution in [2.24, 2.45) is 0 Å². The summed E-state index contributed by atoms with van der Waals surface area (Å²) in [7, 11) is 0. The van der Waals surface area contributed by atoms with Crippen molar-refractivity contribution in [1.29, 1.82) is 0 Å². The molecular weight excluding hydrogens is 184 g/mol.